The lowest BCUT2D eigenvalue weighted by atomic mass is 10.1. The highest BCUT2D eigenvalue weighted by molar-refractivity contribution is 6.04. The number of hydrogen-bond donors (Lipinski definition) is 2. The molecule has 114 valence electrons. The Morgan fingerprint density at radius 3 is 2.45 bits per heavy atom. The van der Waals surface area contributed by atoms with Gasteiger partial charge in [0.25, 0.3) is 5.91 Å². The third-order valence-electron chi connectivity index (χ3n) is 3.00. The first-order chi connectivity index (χ1) is 10.6. The second-order valence-corrected chi connectivity index (χ2v) is 4.77. The van der Waals surface area contributed by atoms with Crippen LogP contribution in [0.15, 0.2) is 48.5 Å². The molecule has 0 atom stereocenters. The molecule has 22 heavy (non-hydrogen) atoms. The minimum absolute atomic E-state index is 0.242. The van der Waals surface area contributed by atoms with E-state index in [2.05, 4.69) is 5.32 Å². The van der Waals surface area contributed by atoms with Crippen LogP contribution in [0.3, 0.4) is 0 Å². The number of primary amides is 1. The third kappa shape index (κ3) is 4.09. The van der Waals surface area contributed by atoms with Crippen molar-refractivity contribution in [2.45, 2.75) is 13.3 Å². The highest BCUT2D eigenvalue weighted by Crippen LogP contribution is 2.16. The van der Waals surface area contributed by atoms with Crippen LogP contribution in [0, 0.1) is 0 Å². The molecular weight excluding hydrogens is 280 g/mol. The summed E-state index contributed by atoms with van der Waals surface area (Å²) in [5.74, 6) is -0.0778. The van der Waals surface area contributed by atoms with Gasteiger partial charge in [-0.25, -0.2) is 0 Å². The number of benzene rings is 2. The average Bonchev–Trinajstić information content (AvgIpc) is 2.53. The maximum Gasteiger partial charge on any atom is 0.255 e. The molecule has 0 bridgehead atoms. The van der Waals surface area contributed by atoms with Gasteiger partial charge in [0, 0.05) is 16.8 Å². The normalized spacial score (nSPS) is 10.0. The summed E-state index contributed by atoms with van der Waals surface area (Å²) < 4.78 is 5.51. The SMILES string of the molecule is CCCOc1cccc(C(=O)Nc2ccc(C(N)=O)cc2)c1. The van der Waals surface area contributed by atoms with Gasteiger partial charge in [-0.05, 0) is 48.9 Å². The van der Waals surface area contributed by atoms with Crippen molar-refractivity contribution in [1.82, 2.24) is 0 Å². The monoisotopic (exact) mass is 298 g/mol. The predicted octanol–water partition coefficient (Wildman–Crippen LogP) is 2.83. The molecule has 0 radical (unpaired) electrons. The molecule has 2 rings (SSSR count). The molecule has 0 unspecified atom stereocenters. The molecule has 2 aromatic carbocycles. The van der Waals surface area contributed by atoms with Crippen molar-refractivity contribution in [3.05, 3.63) is 59.7 Å². The fourth-order valence-electron chi connectivity index (χ4n) is 1.87. The molecule has 0 spiro atoms. The number of amides is 2. The Balaban J connectivity index is 2.06. The zero-order chi connectivity index (χ0) is 15.9. The van der Waals surface area contributed by atoms with Crippen LogP contribution in [0.2, 0.25) is 0 Å². The Hall–Kier alpha value is -2.82. The Morgan fingerprint density at radius 2 is 1.82 bits per heavy atom. The Kier molecular flexibility index (Phi) is 5.14. The van der Waals surface area contributed by atoms with Gasteiger partial charge in [-0.1, -0.05) is 13.0 Å². The summed E-state index contributed by atoms with van der Waals surface area (Å²) in [6.45, 7) is 2.63. The summed E-state index contributed by atoms with van der Waals surface area (Å²) >= 11 is 0. The molecule has 0 heterocycles. The maximum absolute atomic E-state index is 12.2. The number of carbonyl (C=O) groups is 2. The first-order valence-corrected chi connectivity index (χ1v) is 7.04. The molecule has 2 amide bonds. The zero-order valence-electron chi connectivity index (χ0n) is 12.3. The summed E-state index contributed by atoms with van der Waals surface area (Å²) in [6.07, 6.45) is 0.905. The minimum atomic E-state index is -0.501. The van der Waals surface area contributed by atoms with Gasteiger partial charge in [-0.2, -0.15) is 0 Å². The van der Waals surface area contributed by atoms with Crippen LogP contribution in [0.25, 0.3) is 0 Å². The topological polar surface area (TPSA) is 81.4 Å². The highest BCUT2D eigenvalue weighted by Gasteiger charge is 2.08. The third-order valence-corrected chi connectivity index (χ3v) is 3.00. The molecule has 0 saturated carbocycles. The van der Waals surface area contributed by atoms with Crippen LogP contribution < -0.4 is 15.8 Å². The zero-order valence-corrected chi connectivity index (χ0v) is 12.3. The van der Waals surface area contributed by atoms with Crippen LogP contribution in [0.1, 0.15) is 34.1 Å². The average molecular weight is 298 g/mol. The van der Waals surface area contributed by atoms with E-state index in [9.17, 15) is 9.59 Å². The van der Waals surface area contributed by atoms with Crippen molar-refractivity contribution < 1.29 is 14.3 Å². The van der Waals surface area contributed by atoms with Gasteiger partial charge >= 0.3 is 0 Å². The van der Waals surface area contributed by atoms with Gasteiger partial charge in [0.15, 0.2) is 0 Å². The van der Waals surface area contributed by atoms with Crippen molar-refractivity contribution in [2.24, 2.45) is 5.73 Å². The minimum Gasteiger partial charge on any atom is -0.494 e. The lowest BCUT2D eigenvalue weighted by molar-refractivity contribution is 0.0998. The smallest absolute Gasteiger partial charge is 0.255 e. The van der Waals surface area contributed by atoms with E-state index in [0.29, 0.717) is 29.2 Å². The van der Waals surface area contributed by atoms with Crippen LogP contribution >= 0.6 is 0 Å². The number of rotatable bonds is 6. The largest absolute Gasteiger partial charge is 0.494 e. The van der Waals surface area contributed by atoms with Gasteiger partial charge in [0.2, 0.25) is 5.91 Å². The van der Waals surface area contributed by atoms with Gasteiger partial charge in [0.05, 0.1) is 6.61 Å². The fourth-order valence-corrected chi connectivity index (χ4v) is 1.87. The molecule has 0 fully saturated rings. The number of hydrogen-bond acceptors (Lipinski definition) is 3. The number of nitrogens with one attached hydrogen (secondary N) is 1. The molecule has 5 heteroatoms. The molecule has 0 aromatic heterocycles. The van der Waals surface area contributed by atoms with E-state index >= 15 is 0 Å². The first kappa shape index (κ1) is 15.6. The van der Waals surface area contributed by atoms with Crippen LogP contribution in [0.5, 0.6) is 5.75 Å². The molecule has 5 nitrogen and oxygen atoms in total. The fraction of sp³-hybridized carbons (Fsp3) is 0.176. The van der Waals surface area contributed by atoms with Crippen molar-refractivity contribution in [1.29, 1.82) is 0 Å². The lowest BCUT2D eigenvalue weighted by Crippen LogP contribution is -2.13. The van der Waals surface area contributed by atoms with Crippen LogP contribution in [-0.4, -0.2) is 18.4 Å². The standard InChI is InChI=1S/C17H18N2O3/c1-2-10-22-15-5-3-4-13(11-15)17(21)19-14-8-6-12(7-9-14)16(18)20/h3-9,11H,2,10H2,1H3,(H2,18,20)(H,19,21). The second kappa shape index (κ2) is 7.26. The Bertz CT molecular complexity index is 666. The highest BCUT2D eigenvalue weighted by atomic mass is 16.5. The van der Waals surface area contributed by atoms with E-state index in [0.717, 1.165) is 6.42 Å². The van der Waals surface area contributed by atoms with Crippen molar-refractivity contribution in [3.63, 3.8) is 0 Å². The maximum atomic E-state index is 12.2. The van der Waals surface area contributed by atoms with Crippen LogP contribution in [0.4, 0.5) is 5.69 Å². The number of nitrogens with two attached hydrogens (primary N) is 1. The van der Waals surface area contributed by atoms with Crippen LogP contribution in [-0.2, 0) is 0 Å². The molecule has 0 aliphatic carbocycles. The molecule has 3 N–H and O–H groups in total. The number of ether oxygens (including phenoxy) is 1. The summed E-state index contributed by atoms with van der Waals surface area (Å²) in [6, 6.07) is 13.4. The van der Waals surface area contributed by atoms with E-state index in [1.165, 1.54) is 0 Å². The Morgan fingerprint density at radius 1 is 1.09 bits per heavy atom. The van der Waals surface area contributed by atoms with E-state index < -0.39 is 5.91 Å². The molecular formula is C17H18N2O3. The van der Waals surface area contributed by atoms with Crippen molar-refractivity contribution in [2.75, 3.05) is 11.9 Å². The second-order valence-electron chi connectivity index (χ2n) is 4.77. The summed E-state index contributed by atoms with van der Waals surface area (Å²) in [7, 11) is 0. The molecule has 0 saturated heterocycles. The molecule has 0 aliphatic heterocycles. The van der Waals surface area contributed by atoms with E-state index in [-0.39, 0.29) is 5.91 Å². The van der Waals surface area contributed by atoms with Gasteiger partial charge in [-0.3, -0.25) is 9.59 Å². The predicted molar refractivity (Wildman–Crippen MR) is 85.1 cm³/mol. The van der Waals surface area contributed by atoms with E-state index in [4.69, 9.17) is 10.5 Å². The number of carbonyl (C=O) groups excluding carboxylic acids is 2. The quantitative estimate of drug-likeness (QED) is 0.860. The Labute approximate surface area is 129 Å². The lowest BCUT2D eigenvalue weighted by Gasteiger charge is -2.08. The van der Waals surface area contributed by atoms with E-state index in [1.54, 1.807) is 42.5 Å². The molecule has 0 aliphatic rings. The summed E-state index contributed by atoms with van der Waals surface area (Å²) in [4.78, 5) is 23.2. The van der Waals surface area contributed by atoms with E-state index in [1.807, 2.05) is 13.0 Å². The molecule has 2 aromatic rings. The van der Waals surface area contributed by atoms with Gasteiger partial charge in [0.1, 0.15) is 5.75 Å². The summed E-state index contributed by atoms with van der Waals surface area (Å²) in [5, 5.41) is 2.76. The number of anilines is 1. The summed E-state index contributed by atoms with van der Waals surface area (Å²) in [5.41, 5.74) is 6.67. The van der Waals surface area contributed by atoms with Crippen molar-refractivity contribution in [3.8, 4) is 5.75 Å². The van der Waals surface area contributed by atoms with Gasteiger partial charge in [-0.15, -0.1) is 0 Å². The first-order valence-electron chi connectivity index (χ1n) is 7.04. The van der Waals surface area contributed by atoms with Gasteiger partial charge < -0.3 is 15.8 Å². The van der Waals surface area contributed by atoms with Crippen molar-refractivity contribution >= 4 is 17.5 Å².